The van der Waals surface area contributed by atoms with Crippen molar-refractivity contribution in [1.29, 1.82) is 0 Å². The number of rotatable bonds is 34. The van der Waals surface area contributed by atoms with Crippen molar-refractivity contribution in [3.05, 3.63) is 36.5 Å². The van der Waals surface area contributed by atoms with Crippen LogP contribution >= 0.6 is 0 Å². The van der Waals surface area contributed by atoms with Gasteiger partial charge in [0.25, 0.3) is 0 Å². The molecule has 0 N–H and O–H groups in total. The van der Waals surface area contributed by atoms with Crippen LogP contribution in [-0.4, -0.2) is 37.2 Å². The molecule has 0 aromatic rings. The van der Waals surface area contributed by atoms with Crippen LogP contribution in [0, 0.1) is 0 Å². The number of esters is 3. The molecule has 0 amide bonds. The zero-order valence-electron chi connectivity index (χ0n) is 30.8. The third-order valence-electron chi connectivity index (χ3n) is 8.21. The van der Waals surface area contributed by atoms with Crippen molar-refractivity contribution in [3.63, 3.8) is 0 Å². The minimum Gasteiger partial charge on any atom is -0.462 e. The molecule has 0 saturated heterocycles. The average molecular weight is 661 g/mol. The van der Waals surface area contributed by atoms with E-state index in [0.29, 0.717) is 12.8 Å². The molecule has 0 aromatic carbocycles. The molecular weight excluding hydrogens is 588 g/mol. The SMILES string of the molecule is CCCCCCCC/C=C\C/C=C\C/C=C\CCCC(=O)OC(COC(C)=O)COC(=O)CCCCCCCCCCCCCCC. The van der Waals surface area contributed by atoms with Gasteiger partial charge in [-0.25, -0.2) is 0 Å². The normalized spacial score (nSPS) is 12.3. The molecule has 47 heavy (non-hydrogen) atoms. The Labute approximate surface area is 289 Å². The number of hydrogen-bond acceptors (Lipinski definition) is 6. The van der Waals surface area contributed by atoms with E-state index in [2.05, 4.69) is 50.3 Å². The molecule has 0 radical (unpaired) electrons. The van der Waals surface area contributed by atoms with E-state index in [-0.39, 0.29) is 31.6 Å². The molecule has 0 aliphatic rings. The highest BCUT2D eigenvalue weighted by atomic mass is 16.6. The van der Waals surface area contributed by atoms with E-state index in [0.717, 1.165) is 38.5 Å². The highest BCUT2D eigenvalue weighted by Crippen LogP contribution is 2.13. The van der Waals surface area contributed by atoms with E-state index in [4.69, 9.17) is 14.2 Å². The summed E-state index contributed by atoms with van der Waals surface area (Å²) < 4.78 is 15.8. The lowest BCUT2D eigenvalue weighted by molar-refractivity contribution is -0.166. The molecule has 0 spiro atoms. The number of unbranched alkanes of at least 4 members (excludes halogenated alkanes) is 19. The zero-order chi connectivity index (χ0) is 34.5. The van der Waals surface area contributed by atoms with Gasteiger partial charge >= 0.3 is 17.9 Å². The summed E-state index contributed by atoms with van der Waals surface area (Å²) >= 11 is 0. The van der Waals surface area contributed by atoms with E-state index in [1.807, 2.05) is 0 Å². The van der Waals surface area contributed by atoms with Crippen LogP contribution < -0.4 is 0 Å². The number of carbonyl (C=O) groups is 3. The van der Waals surface area contributed by atoms with E-state index >= 15 is 0 Å². The lowest BCUT2D eigenvalue weighted by Crippen LogP contribution is -2.30. The first-order valence-electron chi connectivity index (χ1n) is 19.4. The van der Waals surface area contributed by atoms with Crippen LogP contribution in [0.5, 0.6) is 0 Å². The highest BCUT2D eigenvalue weighted by Gasteiger charge is 2.18. The summed E-state index contributed by atoms with van der Waals surface area (Å²) in [6, 6.07) is 0. The Morgan fingerprint density at radius 3 is 1.38 bits per heavy atom. The molecule has 6 heteroatoms. The number of hydrogen-bond donors (Lipinski definition) is 0. The molecule has 6 nitrogen and oxygen atoms in total. The second-order valence-electron chi connectivity index (χ2n) is 12.9. The van der Waals surface area contributed by atoms with Crippen molar-refractivity contribution >= 4 is 17.9 Å². The molecule has 0 saturated carbocycles. The van der Waals surface area contributed by atoms with Crippen molar-refractivity contribution < 1.29 is 28.6 Å². The van der Waals surface area contributed by atoms with Gasteiger partial charge in [-0.3, -0.25) is 14.4 Å². The van der Waals surface area contributed by atoms with Crippen molar-refractivity contribution in [3.8, 4) is 0 Å². The standard InChI is InChI=1S/C41H72O6/c1-4-6-8-10-12-14-16-18-19-20-21-23-25-27-29-31-33-35-41(44)47-39(36-45-38(3)42)37-46-40(43)34-32-30-28-26-24-22-17-15-13-11-9-7-5-2/h18-19,21,23,27,29,39H,4-17,20,22,24-26,28,30-37H2,1-3H3/b19-18-,23-21-,29-27-. The fraction of sp³-hybridized carbons (Fsp3) is 0.780. The fourth-order valence-electron chi connectivity index (χ4n) is 5.30. The minimum atomic E-state index is -0.789. The van der Waals surface area contributed by atoms with Crippen LogP contribution in [0.2, 0.25) is 0 Å². The molecule has 1 unspecified atom stereocenters. The Bertz CT molecular complexity index is 815. The maximum Gasteiger partial charge on any atom is 0.306 e. The first-order chi connectivity index (χ1) is 23.0. The summed E-state index contributed by atoms with van der Waals surface area (Å²) in [5.41, 5.74) is 0. The van der Waals surface area contributed by atoms with Gasteiger partial charge in [0.1, 0.15) is 13.2 Å². The topological polar surface area (TPSA) is 78.9 Å². The number of allylic oxidation sites excluding steroid dienone is 6. The van der Waals surface area contributed by atoms with Crippen molar-refractivity contribution in [2.45, 2.75) is 194 Å². The highest BCUT2D eigenvalue weighted by molar-refractivity contribution is 5.70. The Morgan fingerprint density at radius 2 is 0.872 bits per heavy atom. The molecule has 0 heterocycles. The largest absolute Gasteiger partial charge is 0.462 e. The Hall–Kier alpha value is -2.37. The molecule has 0 aliphatic carbocycles. The van der Waals surface area contributed by atoms with Crippen molar-refractivity contribution in [2.75, 3.05) is 13.2 Å². The summed E-state index contributed by atoms with van der Waals surface area (Å²) in [4.78, 5) is 35.9. The predicted molar refractivity (Wildman–Crippen MR) is 196 cm³/mol. The number of ether oxygens (including phenoxy) is 3. The third-order valence-corrected chi connectivity index (χ3v) is 8.21. The van der Waals surface area contributed by atoms with Crippen LogP contribution in [0.1, 0.15) is 188 Å². The van der Waals surface area contributed by atoms with E-state index < -0.39 is 12.1 Å². The fourth-order valence-corrected chi connectivity index (χ4v) is 5.30. The molecule has 0 bridgehead atoms. The lowest BCUT2D eigenvalue weighted by atomic mass is 10.0. The van der Waals surface area contributed by atoms with E-state index in [1.165, 1.54) is 116 Å². The smallest absolute Gasteiger partial charge is 0.306 e. The van der Waals surface area contributed by atoms with Gasteiger partial charge in [-0.15, -0.1) is 0 Å². The Balaban J connectivity index is 3.95. The maximum absolute atomic E-state index is 12.4. The first-order valence-corrected chi connectivity index (χ1v) is 19.4. The van der Waals surface area contributed by atoms with Crippen LogP contribution in [-0.2, 0) is 28.6 Å². The minimum absolute atomic E-state index is 0.100. The van der Waals surface area contributed by atoms with Crippen LogP contribution in [0.4, 0.5) is 0 Å². The van der Waals surface area contributed by atoms with Gasteiger partial charge in [-0.1, -0.05) is 159 Å². The Kier molecular flexibility index (Phi) is 34.6. The summed E-state index contributed by atoms with van der Waals surface area (Å²) in [6.45, 7) is 5.59. The van der Waals surface area contributed by atoms with Gasteiger partial charge in [0.2, 0.25) is 0 Å². The summed E-state index contributed by atoms with van der Waals surface area (Å²) in [6.07, 6.45) is 41.7. The van der Waals surface area contributed by atoms with Gasteiger partial charge in [0.05, 0.1) is 0 Å². The molecule has 0 fully saturated rings. The van der Waals surface area contributed by atoms with Gasteiger partial charge in [-0.2, -0.15) is 0 Å². The van der Waals surface area contributed by atoms with Crippen molar-refractivity contribution in [1.82, 2.24) is 0 Å². The lowest BCUT2D eigenvalue weighted by Gasteiger charge is -2.17. The summed E-state index contributed by atoms with van der Waals surface area (Å²) in [5.74, 6) is -1.15. The summed E-state index contributed by atoms with van der Waals surface area (Å²) in [5, 5.41) is 0. The van der Waals surface area contributed by atoms with Gasteiger partial charge < -0.3 is 14.2 Å². The summed E-state index contributed by atoms with van der Waals surface area (Å²) in [7, 11) is 0. The van der Waals surface area contributed by atoms with Gasteiger partial charge in [-0.05, 0) is 44.9 Å². The molecule has 0 rings (SSSR count). The second kappa shape index (κ2) is 36.5. The molecule has 272 valence electrons. The zero-order valence-corrected chi connectivity index (χ0v) is 30.8. The van der Waals surface area contributed by atoms with E-state index in [9.17, 15) is 14.4 Å². The van der Waals surface area contributed by atoms with Gasteiger partial charge in [0.15, 0.2) is 6.10 Å². The first kappa shape index (κ1) is 44.6. The third kappa shape index (κ3) is 36.3. The molecular formula is C41H72O6. The monoisotopic (exact) mass is 661 g/mol. The number of carbonyl (C=O) groups excluding carboxylic acids is 3. The van der Waals surface area contributed by atoms with Crippen LogP contribution in [0.3, 0.4) is 0 Å². The second-order valence-corrected chi connectivity index (χ2v) is 12.9. The van der Waals surface area contributed by atoms with Gasteiger partial charge in [0, 0.05) is 19.8 Å². The maximum atomic E-state index is 12.4. The van der Waals surface area contributed by atoms with Crippen LogP contribution in [0.25, 0.3) is 0 Å². The van der Waals surface area contributed by atoms with Crippen LogP contribution in [0.15, 0.2) is 36.5 Å². The molecule has 1 atom stereocenters. The molecule has 0 aliphatic heterocycles. The predicted octanol–water partition coefficient (Wildman–Crippen LogP) is 11.9. The molecule has 0 aromatic heterocycles. The average Bonchev–Trinajstić information content (AvgIpc) is 3.05. The van der Waals surface area contributed by atoms with Crippen molar-refractivity contribution in [2.24, 2.45) is 0 Å². The Morgan fingerprint density at radius 1 is 0.468 bits per heavy atom. The van der Waals surface area contributed by atoms with E-state index in [1.54, 1.807) is 0 Å². The quantitative estimate of drug-likeness (QED) is 0.0296.